The van der Waals surface area contributed by atoms with Crippen molar-refractivity contribution < 1.29 is 4.79 Å². The van der Waals surface area contributed by atoms with Crippen LogP contribution in [0.1, 0.15) is 17.3 Å². The summed E-state index contributed by atoms with van der Waals surface area (Å²) in [5.41, 5.74) is 6.36. The number of ketones is 1. The van der Waals surface area contributed by atoms with Gasteiger partial charge in [-0.15, -0.1) is 0 Å². The minimum Gasteiger partial charge on any atom is -0.385 e. The SMILES string of the molecule is CC(=O)c1cc(N)[nH]c1N1CCNCC1. The van der Waals surface area contributed by atoms with Gasteiger partial charge in [0.05, 0.1) is 5.56 Å². The van der Waals surface area contributed by atoms with Crippen LogP contribution in [-0.2, 0) is 0 Å². The third-order valence-electron chi connectivity index (χ3n) is 2.63. The summed E-state index contributed by atoms with van der Waals surface area (Å²) in [4.78, 5) is 16.6. The number of Topliss-reactive ketones (excluding diaryl/α,β-unsaturated/α-hetero) is 1. The Morgan fingerprint density at radius 1 is 1.47 bits per heavy atom. The van der Waals surface area contributed by atoms with Crippen LogP contribution in [0.4, 0.5) is 11.6 Å². The van der Waals surface area contributed by atoms with Gasteiger partial charge in [0.1, 0.15) is 11.6 Å². The van der Waals surface area contributed by atoms with Crippen LogP contribution in [0.15, 0.2) is 6.07 Å². The molecule has 15 heavy (non-hydrogen) atoms. The predicted octanol–water partition coefficient (Wildman–Crippen LogP) is 0.209. The van der Waals surface area contributed by atoms with Gasteiger partial charge in [0, 0.05) is 26.2 Å². The molecule has 0 aromatic carbocycles. The van der Waals surface area contributed by atoms with Crippen LogP contribution in [0, 0.1) is 0 Å². The number of rotatable bonds is 2. The Bertz CT molecular complexity index is 365. The Balaban J connectivity index is 2.28. The number of nitrogens with zero attached hydrogens (tertiary/aromatic N) is 1. The van der Waals surface area contributed by atoms with E-state index >= 15 is 0 Å². The highest BCUT2D eigenvalue weighted by atomic mass is 16.1. The molecular formula is C10H16N4O. The Kier molecular flexibility index (Phi) is 2.64. The third kappa shape index (κ3) is 1.97. The molecule has 5 nitrogen and oxygen atoms in total. The summed E-state index contributed by atoms with van der Waals surface area (Å²) in [7, 11) is 0. The number of H-pyrrole nitrogens is 1. The zero-order valence-electron chi connectivity index (χ0n) is 8.84. The number of hydrogen-bond acceptors (Lipinski definition) is 4. The van der Waals surface area contributed by atoms with Crippen molar-refractivity contribution in [2.24, 2.45) is 0 Å². The van der Waals surface area contributed by atoms with Crippen molar-refractivity contribution in [2.45, 2.75) is 6.92 Å². The fourth-order valence-electron chi connectivity index (χ4n) is 1.87. The average molecular weight is 208 g/mol. The molecule has 0 amide bonds. The largest absolute Gasteiger partial charge is 0.385 e. The molecule has 1 aliphatic heterocycles. The monoisotopic (exact) mass is 208 g/mol. The van der Waals surface area contributed by atoms with E-state index in [-0.39, 0.29) is 5.78 Å². The predicted molar refractivity (Wildman–Crippen MR) is 60.3 cm³/mol. The van der Waals surface area contributed by atoms with Gasteiger partial charge in [-0.05, 0) is 13.0 Å². The van der Waals surface area contributed by atoms with E-state index in [1.807, 2.05) is 0 Å². The first-order chi connectivity index (χ1) is 7.18. The van der Waals surface area contributed by atoms with Crippen molar-refractivity contribution in [2.75, 3.05) is 36.8 Å². The first kappa shape index (κ1) is 10.0. The Labute approximate surface area is 88.6 Å². The van der Waals surface area contributed by atoms with Crippen LogP contribution >= 0.6 is 0 Å². The number of aromatic nitrogens is 1. The molecule has 0 aliphatic carbocycles. The first-order valence-corrected chi connectivity index (χ1v) is 5.13. The minimum absolute atomic E-state index is 0.0523. The van der Waals surface area contributed by atoms with Gasteiger partial charge in [0.25, 0.3) is 0 Å². The highest BCUT2D eigenvalue weighted by Gasteiger charge is 2.18. The topological polar surface area (TPSA) is 74.2 Å². The number of carbonyl (C=O) groups excluding carboxylic acids is 1. The molecule has 1 fully saturated rings. The van der Waals surface area contributed by atoms with Gasteiger partial charge >= 0.3 is 0 Å². The van der Waals surface area contributed by atoms with Crippen LogP contribution in [0.3, 0.4) is 0 Å². The molecule has 82 valence electrons. The van der Waals surface area contributed by atoms with Crippen molar-refractivity contribution in [3.63, 3.8) is 0 Å². The highest BCUT2D eigenvalue weighted by molar-refractivity contribution is 6.00. The zero-order valence-corrected chi connectivity index (χ0v) is 8.84. The summed E-state index contributed by atoms with van der Waals surface area (Å²) in [6.45, 7) is 5.25. The number of piperazine rings is 1. The third-order valence-corrected chi connectivity index (χ3v) is 2.63. The van der Waals surface area contributed by atoms with E-state index in [0.29, 0.717) is 11.4 Å². The summed E-state index contributed by atoms with van der Waals surface area (Å²) in [5, 5.41) is 3.27. The molecule has 1 aromatic heterocycles. The molecule has 1 aliphatic rings. The summed E-state index contributed by atoms with van der Waals surface area (Å²) >= 11 is 0. The number of nitrogen functional groups attached to an aromatic ring is 1. The summed E-state index contributed by atoms with van der Waals surface area (Å²) < 4.78 is 0. The van der Waals surface area contributed by atoms with Gasteiger partial charge in [0.2, 0.25) is 0 Å². The number of anilines is 2. The van der Waals surface area contributed by atoms with Crippen molar-refractivity contribution in [3.8, 4) is 0 Å². The van der Waals surface area contributed by atoms with Gasteiger partial charge in [-0.25, -0.2) is 0 Å². The van der Waals surface area contributed by atoms with Crippen molar-refractivity contribution in [1.29, 1.82) is 0 Å². The summed E-state index contributed by atoms with van der Waals surface area (Å²) in [5.74, 6) is 1.46. The zero-order chi connectivity index (χ0) is 10.8. The van der Waals surface area contributed by atoms with Gasteiger partial charge in [-0.3, -0.25) is 4.79 Å². The number of nitrogens with one attached hydrogen (secondary N) is 2. The molecule has 5 heteroatoms. The fraction of sp³-hybridized carbons (Fsp3) is 0.500. The van der Waals surface area contributed by atoms with E-state index in [0.717, 1.165) is 32.0 Å². The molecule has 0 spiro atoms. The second-order valence-electron chi connectivity index (χ2n) is 3.78. The van der Waals surface area contributed by atoms with Crippen molar-refractivity contribution >= 4 is 17.4 Å². The molecule has 0 unspecified atom stereocenters. The normalized spacial score (nSPS) is 16.7. The lowest BCUT2D eigenvalue weighted by Crippen LogP contribution is -2.44. The number of hydrogen-bond donors (Lipinski definition) is 3. The van der Waals surface area contributed by atoms with Crippen molar-refractivity contribution in [1.82, 2.24) is 10.3 Å². The Morgan fingerprint density at radius 3 is 2.73 bits per heavy atom. The molecule has 1 saturated heterocycles. The number of carbonyl (C=O) groups is 1. The fourth-order valence-corrected chi connectivity index (χ4v) is 1.87. The Hall–Kier alpha value is -1.49. The molecule has 1 aromatic rings. The lowest BCUT2D eigenvalue weighted by molar-refractivity contribution is 0.101. The Morgan fingerprint density at radius 2 is 2.13 bits per heavy atom. The molecule has 2 heterocycles. The number of aromatic amines is 1. The second-order valence-corrected chi connectivity index (χ2v) is 3.78. The molecule has 0 bridgehead atoms. The van der Waals surface area contributed by atoms with E-state index in [1.165, 1.54) is 0 Å². The van der Waals surface area contributed by atoms with Crippen LogP contribution in [-0.4, -0.2) is 36.9 Å². The quantitative estimate of drug-likeness (QED) is 0.607. The van der Waals surface area contributed by atoms with Crippen molar-refractivity contribution in [3.05, 3.63) is 11.6 Å². The lowest BCUT2D eigenvalue weighted by atomic mass is 10.2. The smallest absolute Gasteiger partial charge is 0.163 e. The lowest BCUT2D eigenvalue weighted by Gasteiger charge is -2.28. The molecule has 2 rings (SSSR count). The first-order valence-electron chi connectivity index (χ1n) is 5.13. The molecule has 4 N–H and O–H groups in total. The minimum atomic E-state index is 0.0523. The summed E-state index contributed by atoms with van der Waals surface area (Å²) in [6.07, 6.45) is 0. The standard InChI is InChI=1S/C10H16N4O/c1-7(15)8-6-9(11)13-10(8)14-4-2-12-3-5-14/h6,12-13H,2-5,11H2,1H3. The number of nitrogens with two attached hydrogens (primary N) is 1. The second kappa shape index (κ2) is 3.94. The van der Waals surface area contributed by atoms with Crippen LogP contribution in [0.2, 0.25) is 0 Å². The van der Waals surface area contributed by atoms with E-state index in [4.69, 9.17) is 5.73 Å². The summed E-state index contributed by atoms with van der Waals surface area (Å²) in [6, 6.07) is 1.71. The maximum absolute atomic E-state index is 11.4. The van der Waals surface area contributed by atoms with E-state index in [2.05, 4.69) is 15.2 Å². The van der Waals surface area contributed by atoms with Gasteiger partial charge in [-0.1, -0.05) is 0 Å². The van der Waals surface area contributed by atoms with Gasteiger partial charge < -0.3 is 20.9 Å². The molecular weight excluding hydrogens is 192 g/mol. The molecule has 0 saturated carbocycles. The van der Waals surface area contributed by atoms with Gasteiger partial charge in [-0.2, -0.15) is 0 Å². The molecule has 0 radical (unpaired) electrons. The van der Waals surface area contributed by atoms with E-state index in [1.54, 1.807) is 13.0 Å². The highest BCUT2D eigenvalue weighted by Crippen LogP contribution is 2.23. The van der Waals surface area contributed by atoms with Gasteiger partial charge in [0.15, 0.2) is 5.78 Å². The maximum atomic E-state index is 11.4. The van der Waals surface area contributed by atoms with E-state index < -0.39 is 0 Å². The maximum Gasteiger partial charge on any atom is 0.163 e. The van der Waals surface area contributed by atoms with E-state index in [9.17, 15) is 4.79 Å². The average Bonchev–Trinajstić information content (AvgIpc) is 2.62. The molecule has 0 atom stereocenters. The van der Waals surface area contributed by atoms with Crippen LogP contribution in [0.25, 0.3) is 0 Å². The van der Waals surface area contributed by atoms with Crippen LogP contribution in [0.5, 0.6) is 0 Å². The van der Waals surface area contributed by atoms with Crippen LogP contribution < -0.4 is 16.0 Å².